The van der Waals surface area contributed by atoms with Gasteiger partial charge < -0.3 is 5.32 Å². The van der Waals surface area contributed by atoms with Crippen LogP contribution in [0.15, 0.2) is 47.4 Å². The first-order valence-electron chi connectivity index (χ1n) is 7.39. The van der Waals surface area contributed by atoms with Crippen LogP contribution in [0.4, 0.5) is 10.8 Å². The number of nitrogens with zero attached hydrogens (tertiary/aromatic N) is 2. The normalized spacial score (nSPS) is 11.4. The first-order chi connectivity index (χ1) is 12.2. The van der Waals surface area contributed by atoms with Crippen molar-refractivity contribution in [3.8, 4) is 0 Å². The Kier molecular flexibility index (Phi) is 4.70. The van der Waals surface area contributed by atoms with Crippen molar-refractivity contribution in [3.05, 3.63) is 58.1 Å². The molecule has 1 N–H and O–H groups in total. The maximum absolute atomic E-state index is 12.3. The lowest BCUT2D eigenvalue weighted by Crippen LogP contribution is -2.22. The highest BCUT2D eigenvalue weighted by Crippen LogP contribution is 2.29. The van der Waals surface area contributed by atoms with Crippen molar-refractivity contribution < 1.29 is 18.1 Å². The second kappa shape index (κ2) is 6.81. The summed E-state index contributed by atoms with van der Waals surface area (Å²) in [5.41, 5.74) is 1.32. The van der Waals surface area contributed by atoms with E-state index in [-0.39, 0.29) is 15.7 Å². The van der Waals surface area contributed by atoms with Crippen molar-refractivity contribution in [2.75, 3.05) is 11.1 Å². The minimum absolute atomic E-state index is 0.0678. The predicted octanol–water partition coefficient (Wildman–Crippen LogP) is 2.93. The average Bonchev–Trinajstić information content (AvgIpc) is 2.95. The summed E-state index contributed by atoms with van der Waals surface area (Å²) in [5, 5.41) is 13.4. The molecular formula is C16H13N3O5S2. The Balaban J connectivity index is 1.76. The number of hydrogen-bond acceptors (Lipinski definition) is 7. The van der Waals surface area contributed by atoms with Crippen LogP contribution in [0.1, 0.15) is 5.56 Å². The van der Waals surface area contributed by atoms with E-state index in [9.17, 15) is 23.3 Å². The summed E-state index contributed by atoms with van der Waals surface area (Å²) in [4.78, 5) is 26.6. The van der Waals surface area contributed by atoms with E-state index in [0.29, 0.717) is 10.2 Å². The molecule has 0 bridgehead atoms. The molecule has 0 saturated heterocycles. The van der Waals surface area contributed by atoms with Crippen LogP contribution in [0.25, 0.3) is 10.2 Å². The van der Waals surface area contributed by atoms with Crippen molar-refractivity contribution in [2.24, 2.45) is 0 Å². The number of carbonyl (C=O) groups excluding carboxylic acids is 1. The number of amides is 1. The van der Waals surface area contributed by atoms with E-state index >= 15 is 0 Å². The molecule has 1 heterocycles. The van der Waals surface area contributed by atoms with Gasteiger partial charge in [-0.25, -0.2) is 13.4 Å². The summed E-state index contributed by atoms with van der Waals surface area (Å²) < 4.78 is 25.1. The Hall–Kier alpha value is -2.85. The van der Waals surface area contributed by atoms with Gasteiger partial charge in [-0.3, -0.25) is 14.9 Å². The van der Waals surface area contributed by atoms with Gasteiger partial charge in [0.1, 0.15) is 5.75 Å². The maximum atomic E-state index is 12.3. The van der Waals surface area contributed by atoms with Crippen LogP contribution >= 0.6 is 11.3 Å². The van der Waals surface area contributed by atoms with Crippen LogP contribution in [0, 0.1) is 17.0 Å². The van der Waals surface area contributed by atoms with Crippen LogP contribution in [0.3, 0.4) is 0 Å². The number of sulfone groups is 1. The number of carbonyl (C=O) groups is 1. The molecule has 1 aromatic heterocycles. The number of non-ortho nitro benzene ring substituents is 1. The highest BCUT2D eigenvalue weighted by molar-refractivity contribution is 7.92. The predicted molar refractivity (Wildman–Crippen MR) is 98.1 cm³/mol. The first-order valence-corrected chi connectivity index (χ1v) is 9.86. The van der Waals surface area contributed by atoms with Crippen LogP contribution in [-0.4, -0.2) is 30.0 Å². The number of nitrogens with one attached hydrogen (secondary N) is 1. The van der Waals surface area contributed by atoms with Crippen LogP contribution < -0.4 is 5.32 Å². The van der Waals surface area contributed by atoms with E-state index in [1.807, 2.05) is 6.92 Å². The maximum Gasteiger partial charge on any atom is 0.270 e. The zero-order valence-electron chi connectivity index (χ0n) is 13.5. The SMILES string of the molecule is Cc1ccc(S(=O)(=O)CC(=O)Nc2nc3ccc([N+](=O)[O-])cc3s2)cc1. The molecule has 8 nitrogen and oxygen atoms in total. The van der Waals surface area contributed by atoms with E-state index in [2.05, 4.69) is 10.3 Å². The van der Waals surface area contributed by atoms with E-state index in [1.54, 1.807) is 12.1 Å². The molecule has 0 aliphatic carbocycles. The number of rotatable bonds is 5. The van der Waals surface area contributed by atoms with Gasteiger partial charge in [-0.1, -0.05) is 29.0 Å². The fourth-order valence-electron chi connectivity index (χ4n) is 2.24. The molecule has 10 heteroatoms. The average molecular weight is 391 g/mol. The number of benzene rings is 2. The summed E-state index contributed by atoms with van der Waals surface area (Å²) in [6, 6.07) is 10.4. The molecule has 134 valence electrons. The topological polar surface area (TPSA) is 119 Å². The molecule has 0 saturated carbocycles. The zero-order chi connectivity index (χ0) is 18.9. The molecular weight excluding hydrogens is 378 g/mol. The summed E-state index contributed by atoms with van der Waals surface area (Å²) in [6.07, 6.45) is 0. The number of nitro benzene ring substituents is 1. The van der Waals surface area contributed by atoms with Crippen molar-refractivity contribution in [2.45, 2.75) is 11.8 Å². The Labute approximate surface area is 152 Å². The minimum atomic E-state index is -3.77. The van der Waals surface area contributed by atoms with E-state index in [0.717, 1.165) is 16.9 Å². The molecule has 3 rings (SSSR count). The van der Waals surface area contributed by atoms with Gasteiger partial charge in [0, 0.05) is 12.1 Å². The van der Waals surface area contributed by atoms with E-state index in [1.165, 1.54) is 30.3 Å². The standard InChI is InChI=1S/C16H13N3O5S2/c1-10-2-5-12(6-3-10)26(23,24)9-15(20)18-16-17-13-7-4-11(19(21)22)8-14(13)25-16/h2-8H,9H2,1H3,(H,17,18,20). The van der Waals surface area contributed by atoms with E-state index < -0.39 is 26.4 Å². The van der Waals surface area contributed by atoms with Crippen molar-refractivity contribution in [1.82, 2.24) is 4.98 Å². The molecule has 0 aliphatic heterocycles. The fraction of sp³-hybridized carbons (Fsp3) is 0.125. The minimum Gasteiger partial charge on any atom is -0.301 e. The molecule has 26 heavy (non-hydrogen) atoms. The van der Waals surface area contributed by atoms with Crippen LogP contribution in [-0.2, 0) is 14.6 Å². The van der Waals surface area contributed by atoms with Crippen molar-refractivity contribution >= 4 is 48.1 Å². The number of hydrogen-bond donors (Lipinski definition) is 1. The van der Waals surface area contributed by atoms with Crippen LogP contribution in [0.5, 0.6) is 0 Å². The van der Waals surface area contributed by atoms with Gasteiger partial charge in [-0.2, -0.15) is 0 Å². The second-order valence-electron chi connectivity index (χ2n) is 5.55. The molecule has 2 aromatic carbocycles. The molecule has 0 atom stereocenters. The fourth-order valence-corrected chi connectivity index (χ4v) is 4.29. The lowest BCUT2D eigenvalue weighted by atomic mass is 10.2. The van der Waals surface area contributed by atoms with Gasteiger partial charge in [0.15, 0.2) is 15.0 Å². The van der Waals surface area contributed by atoms with Gasteiger partial charge in [-0.15, -0.1) is 0 Å². The van der Waals surface area contributed by atoms with Gasteiger partial charge in [0.05, 0.1) is 20.0 Å². The second-order valence-corrected chi connectivity index (χ2v) is 8.57. The molecule has 0 radical (unpaired) electrons. The van der Waals surface area contributed by atoms with Gasteiger partial charge in [0.25, 0.3) is 5.69 Å². The Bertz CT molecular complexity index is 1100. The summed E-state index contributed by atoms with van der Waals surface area (Å²) in [7, 11) is -3.77. The van der Waals surface area contributed by atoms with Crippen molar-refractivity contribution in [1.29, 1.82) is 0 Å². The Morgan fingerprint density at radius 3 is 2.58 bits per heavy atom. The number of nitro groups is 1. The monoisotopic (exact) mass is 391 g/mol. The van der Waals surface area contributed by atoms with Gasteiger partial charge >= 0.3 is 0 Å². The lowest BCUT2D eigenvalue weighted by Gasteiger charge is -2.04. The van der Waals surface area contributed by atoms with E-state index in [4.69, 9.17) is 0 Å². The largest absolute Gasteiger partial charge is 0.301 e. The Morgan fingerprint density at radius 1 is 1.23 bits per heavy atom. The number of aryl methyl sites for hydroxylation is 1. The molecule has 0 fully saturated rings. The number of anilines is 1. The first kappa shape index (κ1) is 18.0. The molecule has 0 spiro atoms. The highest BCUT2D eigenvalue weighted by Gasteiger charge is 2.20. The molecule has 1 amide bonds. The third-order valence-electron chi connectivity index (χ3n) is 3.53. The number of fused-ring (bicyclic) bond motifs is 1. The summed E-state index contributed by atoms with van der Waals surface area (Å²) in [6.45, 7) is 1.83. The summed E-state index contributed by atoms with van der Waals surface area (Å²) in [5.74, 6) is -1.44. The third-order valence-corrected chi connectivity index (χ3v) is 6.10. The number of thiazole rings is 1. The molecule has 0 aliphatic rings. The lowest BCUT2D eigenvalue weighted by molar-refractivity contribution is -0.384. The molecule has 3 aromatic rings. The van der Waals surface area contributed by atoms with Gasteiger partial charge in [0.2, 0.25) is 5.91 Å². The highest BCUT2D eigenvalue weighted by atomic mass is 32.2. The number of aromatic nitrogens is 1. The smallest absolute Gasteiger partial charge is 0.270 e. The third kappa shape index (κ3) is 3.86. The van der Waals surface area contributed by atoms with Gasteiger partial charge in [-0.05, 0) is 25.1 Å². The zero-order valence-corrected chi connectivity index (χ0v) is 15.1. The van der Waals surface area contributed by atoms with Crippen molar-refractivity contribution in [3.63, 3.8) is 0 Å². The quantitative estimate of drug-likeness (QED) is 0.527. The van der Waals surface area contributed by atoms with Crippen LogP contribution in [0.2, 0.25) is 0 Å². The summed E-state index contributed by atoms with van der Waals surface area (Å²) >= 11 is 1.04. The Morgan fingerprint density at radius 2 is 1.92 bits per heavy atom. The molecule has 0 unspecified atom stereocenters.